The standard InChI is InChI=1S/C20H30N2O2/c1-17-7-5-6-12-22(17)15-18-10-13-21(14-11-18)20(23)24-16-19-8-3-2-4-9-19/h2-4,8-9,17-18H,5-7,10-16H2,1H3. The van der Waals surface area contributed by atoms with Crippen molar-refractivity contribution in [1.82, 2.24) is 9.80 Å². The minimum Gasteiger partial charge on any atom is -0.445 e. The number of piperidine rings is 2. The Morgan fingerprint density at radius 2 is 1.83 bits per heavy atom. The van der Waals surface area contributed by atoms with Gasteiger partial charge in [0.2, 0.25) is 0 Å². The van der Waals surface area contributed by atoms with Gasteiger partial charge in [-0.1, -0.05) is 36.8 Å². The Kier molecular flexibility index (Phi) is 6.13. The molecule has 0 bridgehead atoms. The first kappa shape index (κ1) is 17.3. The molecule has 132 valence electrons. The van der Waals surface area contributed by atoms with Crippen molar-refractivity contribution in [3.05, 3.63) is 35.9 Å². The van der Waals surface area contributed by atoms with Crippen molar-refractivity contribution in [2.75, 3.05) is 26.2 Å². The minimum absolute atomic E-state index is 0.163. The van der Waals surface area contributed by atoms with Crippen LogP contribution < -0.4 is 0 Å². The number of rotatable bonds is 4. The lowest BCUT2D eigenvalue weighted by atomic mass is 9.94. The molecule has 0 radical (unpaired) electrons. The number of benzene rings is 1. The summed E-state index contributed by atoms with van der Waals surface area (Å²) in [4.78, 5) is 16.7. The summed E-state index contributed by atoms with van der Waals surface area (Å²) in [5, 5.41) is 0. The average molecular weight is 330 g/mol. The lowest BCUT2D eigenvalue weighted by Crippen LogP contribution is -2.45. The lowest BCUT2D eigenvalue weighted by molar-refractivity contribution is 0.0697. The largest absolute Gasteiger partial charge is 0.445 e. The van der Waals surface area contributed by atoms with Crippen LogP contribution in [0.2, 0.25) is 0 Å². The summed E-state index contributed by atoms with van der Waals surface area (Å²) in [5.41, 5.74) is 1.04. The molecule has 0 saturated carbocycles. The monoisotopic (exact) mass is 330 g/mol. The Hall–Kier alpha value is -1.55. The van der Waals surface area contributed by atoms with E-state index in [1.165, 1.54) is 32.4 Å². The predicted octanol–water partition coefficient (Wildman–Crippen LogP) is 3.91. The molecule has 0 spiro atoms. The van der Waals surface area contributed by atoms with E-state index in [-0.39, 0.29) is 6.09 Å². The summed E-state index contributed by atoms with van der Waals surface area (Å²) in [6.45, 7) is 6.84. The zero-order chi connectivity index (χ0) is 16.8. The third-order valence-electron chi connectivity index (χ3n) is 5.51. The van der Waals surface area contributed by atoms with E-state index in [1.807, 2.05) is 35.2 Å². The van der Waals surface area contributed by atoms with Crippen LogP contribution in [-0.4, -0.2) is 48.1 Å². The Balaban J connectivity index is 1.39. The van der Waals surface area contributed by atoms with Gasteiger partial charge >= 0.3 is 6.09 Å². The molecule has 0 N–H and O–H groups in total. The molecule has 1 atom stereocenters. The second-order valence-corrected chi connectivity index (χ2v) is 7.31. The highest BCUT2D eigenvalue weighted by Gasteiger charge is 2.27. The smallest absolute Gasteiger partial charge is 0.410 e. The fourth-order valence-electron chi connectivity index (χ4n) is 3.87. The van der Waals surface area contributed by atoms with Gasteiger partial charge in [-0.05, 0) is 50.6 Å². The van der Waals surface area contributed by atoms with Crippen LogP contribution in [0, 0.1) is 5.92 Å². The summed E-state index contributed by atoms with van der Waals surface area (Å²) < 4.78 is 5.45. The van der Waals surface area contributed by atoms with E-state index in [0.717, 1.165) is 43.5 Å². The zero-order valence-corrected chi connectivity index (χ0v) is 14.8. The Morgan fingerprint density at radius 3 is 2.54 bits per heavy atom. The predicted molar refractivity (Wildman–Crippen MR) is 95.8 cm³/mol. The summed E-state index contributed by atoms with van der Waals surface area (Å²) in [6.07, 6.45) is 6.10. The summed E-state index contributed by atoms with van der Waals surface area (Å²) in [5.74, 6) is 0.726. The van der Waals surface area contributed by atoms with E-state index in [0.29, 0.717) is 6.61 Å². The van der Waals surface area contributed by atoms with Gasteiger partial charge in [-0.25, -0.2) is 4.79 Å². The van der Waals surface area contributed by atoms with Crippen molar-refractivity contribution in [2.24, 2.45) is 5.92 Å². The van der Waals surface area contributed by atoms with Crippen molar-refractivity contribution < 1.29 is 9.53 Å². The zero-order valence-electron chi connectivity index (χ0n) is 14.8. The molecule has 1 amide bonds. The molecule has 2 saturated heterocycles. The number of carbonyl (C=O) groups excluding carboxylic acids is 1. The lowest BCUT2D eigenvalue weighted by Gasteiger charge is -2.38. The van der Waals surface area contributed by atoms with Crippen LogP contribution in [0.4, 0.5) is 4.79 Å². The first-order valence-electron chi connectivity index (χ1n) is 9.42. The highest BCUT2D eigenvalue weighted by molar-refractivity contribution is 5.67. The van der Waals surface area contributed by atoms with E-state index in [4.69, 9.17) is 4.74 Å². The Labute approximate surface area is 145 Å². The molecule has 1 unspecified atom stereocenters. The topological polar surface area (TPSA) is 32.8 Å². The molecular weight excluding hydrogens is 300 g/mol. The second-order valence-electron chi connectivity index (χ2n) is 7.31. The summed E-state index contributed by atoms with van der Waals surface area (Å²) >= 11 is 0. The van der Waals surface area contributed by atoms with Crippen LogP contribution in [0.1, 0.15) is 44.6 Å². The number of hydrogen-bond acceptors (Lipinski definition) is 3. The maximum absolute atomic E-state index is 12.2. The van der Waals surface area contributed by atoms with E-state index >= 15 is 0 Å². The van der Waals surface area contributed by atoms with Crippen molar-refractivity contribution in [1.29, 1.82) is 0 Å². The Bertz CT molecular complexity index is 512. The van der Waals surface area contributed by atoms with Gasteiger partial charge in [0.1, 0.15) is 6.61 Å². The second kappa shape index (κ2) is 8.52. The molecule has 0 aromatic heterocycles. The SMILES string of the molecule is CC1CCCCN1CC1CCN(C(=O)OCc2ccccc2)CC1. The van der Waals surface area contributed by atoms with E-state index in [2.05, 4.69) is 11.8 Å². The number of carbonyl (C=O) groups is 1. The molecule has 2 aliphatic heterocycles. The molecule has 2 fully saturated rings. The van der Waals surface area contributed by atoms with Gasteiger partial charge in [0, 0.05) is 25.7 Å². The summed E-state index contributed by atoms with van der Waals surface area (Å²) in [6, 6.07) is 10.6. The molecule has 3 rings (SSSR count). The molecule has 0 aliphatic carbocycles. The van der Waals surface area contributed by atoms with E-state index in [9.17, 15) is 4.79 Å². The first-order chi connectivity index (χ1) is 11.7. The quantitative estimate of drug-likeness (QED) is 0.839. The first-order valence-corrected chi connectivity index (χ1v) is 9.42. The fourth-order valence-corrected chi connectivity index (χ4v) is 3.87. The number of ether oxygens (including phenoxy) is 1. The summed E-state index contributed by atoms with van der Waals surface area (Å²) in [7, 11) is 0. The van der Waals surface area contributed by atoms with E-state index < -0.39 is 0 Å². The minimum atomic E-state index is -0.163. The van der Waals surface area contributed by atoms with Crippen LogP contribution in [0.15, 0.2) is 30.3 Å². The van der Waals surface area contributed by atoms with Gasteiger partial charge in [-0.3, -0.25) is 0 Å². The Morgan fingerprint density at radius 1 is 1.08 bits per heavy atom. The molecule has 2 heterocycles. The average Bonchev–Trinajstić information content (AvgIpc) is 2.63. The molecule has 2 aliphatic rings. The van der Waals surface area contributed by atoms with Gasteiger partial charge in [0.15, 0.2) is 0 Å². The number of amides is 1. The highest BCUT2D eigenvalue weighted by Crippen LogP contribution is 2.23. The number of nitrogens with zero attached hydrogens (tertiary/aromatic N) is 2. The van der Waals surface area contributed by atoms with Gasteiger partial charge < -0.3 is 14.5 Å². The van der Waals surface area contributed by atoms with Gasteiger partial charge in [-0.15, -0.1) is 0 Å². The van der Waals surface area contributed by atoms with Gasteiger partial charge in [-0.2, -0.15) is 0 Å². The van der Waals surface area contributed by atoms with Crippen LogP contribution in [-0.2, 0) is 11.3 Å². The maximum Gasteiger partial charge on any atom is 0.410 e. The van der Waals surface area contributed by atoms with Gasteiger partial charge in [0.25, 0.3) is 0 Å². The van der Waals surface area contributed by atoms with E-state index in [1.54, 1.807) is 0 Å². The van der Waals surface area contributed by atoms with Gasteiger partial charge in [0.05, 0.1) is 0 Å². The van der Waals surface area contributed by atoms with Crippen LogP contribution in [0.5, 0.6) is 0 Å². The number of likely N-dealkylation sites (tertiary alicyclic amines) is 2. The van der Waals surface area contributed by atoms with Crippen molar-refractivity contribution in [3.8, 4) is 0 Å². The number of hydrogen-bond donors (Lipinski definition) is 0. The van der Waals surface area contributed by atoms with Crippen LogP contribution in [0.3, 0.4) is 0 Å². The maximum atomic E-state index is 12.2. The third kappa shape index (κ3) is 4.73. The van der Waals surface area contributed by atoms with Crippen molar-refractivity contribution in [3.63, 3.8) is 0 Å². The third-order valence-corrected chi connectivity index (χ3v) is 5.51. The normalized spacial score (nSPS) is 23.2. The van der Waals surface area contributed by atoms with Crippen LogP contribution in [0.25, 0.3) is 0 Å². The van der Waals surface area contributed by atoms with Crippen molar-refractivity contribution in [2.45, 2.75) is 51.7 Å². The van der Waals surface area contributed by atoms with Crippen LogP contribution >= 0.6 is 0 Å². The van der Waals surface area contributed by atoms with Crippen molar-refractivity contribution >= 4 is 6.09 Å². The molecule has 1 aromatic carbocycles. The molecule has 1 aromatic rings. The fraction of sp³-hybridized carbons (Fsp3) is 0.650. The molecule has 4 heteroatoms. The molecule has 4 nitrogen and oxygen atoms in total. The molecule has 24 heavy (non-hydrogen) atoms. The molecular formula is C20H30N2O2. The highest BCUT2D eigenvalue weighted by atomic mass is 16.6.